The summed E-state index contributed by atoms with van der Waals surface area (Å²) in [6, 6.07) is 17.4. The third-order valence-electron chi connectivity index (χ3n) is 7.48. The largest absolute Gasteiger partial charge is 0.373 e. The Morgan fingerprint density at radius 1 is 1.18 bits per heavy atom. The number of amides is 1. The van der Waals surface area contributed by atoms with Gasteiger partial charge in [-0.1, -0.05) is 29.5 Å². The van der Waals surface area contributed by atoms with Gasteiger partial charge in [-0.25, -0.2) is 9.67 Å². The zero-order chi connectivity index (χ0) is 27.6. The summed E-state index contributed by atoms with van der Waals surface area (Å²) in [6.45, 7) is 6.71. The highest BCUT2D eigenvalue weighted by molar-refractivity contribution is 7.15. The summed E-state index contributed by atoms with van der Waals surface area (Å²) in [6.07, 6.45) is 5.36. The van der Waals surface area contributed by atoms with E-state index in [1.165, 1.54) is 4.88 Å². The van der Waals surface area contributed by atoms with Gasteiger partial charge in [-0.15, -0.1) is 16.4 Å². The van der Waals surface area contributed by atoms with Crippen LogP contribution in [0.5, 0.6) is 0 Å². The third-order valence-corrected chi connectivity index (χ3v) is 8.52. The molecule has 2 aromatic heterocycles. The van der Waals surface area contributed by atoms with Crippen molar-refractivity contribution in [3.05, 3.63) is 82.0 Å². The average molecular weight is 554 g/mol. The molecule has 9 nitrogen and oxygen atoms in total. The van der Waals surface area contributed by atoms with Crippen LogP contribution in [0, 0.1) is 11.3 Å². The molecule has 1 amide bonds. The third kappa shape index (κ3) is 5.82. The predicted octanol–water partition coefficient (Wildman–Crippen LogP) is 4.54. The normalized spacial score (nSPS) is 21.0. The van der Waals surface area contributed by atoms with Crippen LogP contribution in [-0.4, -0.2) is 62.1 Å². The number of carbonyl (C=O) groups is 1. The number of benzene rings is 2. The van der Waals surface area contributed by atoms with Crippen LogP contribution in [0.1, 0.15) is 52.3 Å². The minimum atomic E-state index is -0.169. The quantitative estimate of drug-likeness (QED) is 0.373. The molecule has 10 heteroatoms. The van der Waals surface area contributed by atoms with Crippen molar-refractivity contribution in [2.75, 3.05) is 18.4 Å². The first kappa shape index (κ1) is 26.3. The van der Waals surface area contributed by atoms with E-state index in [-0.39, 0.29) is 18.1 Å². The number of aryl methyl sites for hydroxylation is 1. The lowest BCUT2D eigenvalue weighted by Gasteiger charge is -2.41. The molecule has 0 spiro atoms. The number of thiazole rings is 1. The fourth-order valence-electron chi connectivity index (χ4n) is 5.63. The van der Waals surface area contributed by atoms with Crippen molar-refractivity contribution >= 4 is 22.4 Å². The van der Waals surface area contributed by atoms with Crippen molar-refractivity contribution in [2.24, 2.45) is 0 Å². The molecule has 0 bridgehead atoms. The van der Waals surface area contributed by atoms with E-state index in [1.54, 1.807) is 28.2 Å². The Labute approximate surface area is 237 Å². The zero-order valence-corrected chi connectivity index (χ0v) is 23.4. The lowest BCUT2D eigenvalue weighted by atomic mass is 9.95. The van der Waals surface area contributed by atoms with Crippen LogP contribution in [0.4, 0.5) is 5.13 Å². The second kappa shape index (κ2) is 11.3. The van der Waals surface area contributed by atoms with E-state index in [0.29, 0.717) is 28.8 Å². The van der Waals surface area contributed by atoms with Gasteiger partial charge in [0.1, 0.15) is 5.69 Å². The number of carbonyl (C=O) groups excluding carboxylic acids is 1. The number of anilines is 1. The molecular weight excluding hydrogens is 522 g/mol. The number of hydrogen-bond acceptors (Lipinski definition) is 8. The number of nitriles is 1. The number of ether oxygens (including phenoxy) is 1. The summed E-state index contributed by atoms with van der Waals surface area (Å²) in [5, 5.41) is 21.2. The summed E-state index contributed by atoms with van der Waals surface area (Å²) >= 11 is 1.60. The first-order valence-electron chi connectivity index (χ1n) is 13.6. The molecule has 3 heterocycles. The van der Waals surface area contributed by atoms with Gasteiger partial charge in [0.05, 0.1) is 42.3 Å². The Morgan fingerprint density at radius 2 is 1.98 bits per heavy atom. The van der Waals surface area contributed by atoms with Crippen molar-refractivity contribution in [1.29, 1.82) is 5.26 Å². The fraction of sp³-hybridized carbons (Fsp3) is 0.367. The second-order valence-electron chi connectivity index (χ2n) is 10.6. The van der Waals surface area contributed by atoms with Gasteiger partial charge < -0.3 is 4.74 Å². The monoisotopic (exact) mass is 553 g/mol. The molecule has 40 heavy (non-hydrogen) atoms. The average Bonchev–Trinajstić information content (AvgIpc) is 3.59. The molecule has 1 saturated heterocycles. The van der Waals surface area contributed by atoms with Crippen molar-refractivity contribution in [1.82, 2.24) is 24.9 Å². The lowest BCUT2D eigenvalue weighted by Crippen LogP contribution is -2.51. The van der Waals surface area contributed by atoms with Crippen molar-refractivity contribution in [3.63, 3.8) is 0 Å². The van der Waals surface area contributed by atoms with Gasteiger partial charge in [0.25, 0.3) is 5.91 Å². The number of morpholine rings is 1. The summed E-state index contributed by atoms with van der Waals surface area (Å²) < 4.78 is 7.66. The van der Waals surface area contributed by atoms with E-state index >= 15 is 0 Å². The van der Waals surface area contributed by atoms with E-state index in [2.05, 4.69) is 40.4 Å². The predicted molar refractivity (Wildman–Crippen MR) is 153 cm³/mol. The number of fused-ring (bicyclic) bond motifs is 1. The minimum absolute atomic E-state index is 0.169. The minimum Gasteiger partial charge on any atom is -0.373 e. The molecule has 6 rings (SSSR count). The van der Waals surface area contributed by atoms with Crippen LogP contribution < -0.4 is 5.32 Å². The van der Waals surface area contributed by atoms with Gasteiger partial charge in [-0.3, -0.25) is 15.0 Å². The maximum atomic E-state index is 13.1. The van der Waals surface area contributed by atoms with E-state index in [1.807, 2.05) is 42.6 Å². The standard InChI is InChI=1S/C30H31N7O2S/c1-19-15-36(16-20(2)39-19)25-10-11-26-28(13-25)40-30(32-26)33-29(38)24-5-3-4-22(12-24)17-37-18-27(34-35-37)23-8-6-21(14-31)7-9-23/h3-9,12,18-20,25H,10-11,13,15-17H2,1-2H3,(H,32,33,38)/t19-,20+,25?. The summed E-state index contributed by atoms with van der Waals surface area (Å²) in [7, 11) is 0. The lowest BCUT2D eigenvalue weighted by molar-refractivity contribution is -0.0815. The van der Waals surface area contributed by atoms with Gasteiger partial charge in [-0.2, -0.15) is 5.26 Å². The highest BCUT2D eigenvalue weighted by Gasteiger charge is 2.32. The molecule has 3 atom stereocenters. The highest BCUT2D eigenvalue weighted by Crippen LogP contribution is 2.33. The molecule has 4 aromatic rings. The SMILES string of the molecule is C[C@@H]1CN(C2CCc3nc(NC(=O)c4cccc(Cn5cc(-c6ccc(C#N)cc6)nn5)c4)sc3C2)C[C@H](C)O1. The second-order valence-corrected chi connectivity index (χ2v) is 11.7. The molecular formula is C30H31N7O2S. The molecule has 1 N–H and O–H groups in total. The van der Waals surface area contributed by atoms with Gasteiger partial charge in [0.2, 0.25) is 0 Å². The van der Waals surface area contributed by atoms with Gasteiger partial charge in [0, 0.05) is 35.1 Å². The van der Waals surface area contributed by atoms with Crippen LogP contribution >= 0.6 is 11.3 Å². The molecule has 204 valence electrons. The molecule has 1 aliphatic heterocycles. The van der Waals surface area contributed by atoms with Crippen molar-refractivity contribution in [2.45, 2.75) is 57.9 Å². The number of aromatic nitrogens is 4. The van der Waals surface area contributed by atoms with E-state index < -0.39 is 0 Å². The topological polar surface area (TPSA) is 109 Å². The first-order chi connectivity index (χ1) is 19.4. The smallest absolute Gasteiger partial charge is 0.257 e. The molecule has 1 aliphatic carbocycles. The molecule has 1 fully saturated rings. The van der Waals surface area contributed by atoms with Crippen LogP contribution in [0.15, 0.2) is 54.7 Å². The number of nitrogens with zero attached hydrogens (tertiary/aromatic N) is 6. The van der Waals surface area contributed by atoms with Crippen LogP contribution in [0.3, 0.4) is 0 Å². The highest BCUT2D eigenvalue weighted by atomic mass is 32.1. The summed E-state index contributed by atoms with van der Waals surface area (Å²) in [5.41, 5.74) is 4.86. The Kier molecular flexibility index (Phi) is 7.43. The Bertz CT molecular complexity index is 1540. The number of rotatable bonds is 6. The molecule has 0 radical (unpaired) electrons. The van der Waals surface area contributed by atoms with Gasteiger partial charge in [-0.05, 0) is 62.9 Å². The van der Waals surface area contributed by atoms with Crippen LogP contribution in [0.25, 0.3) is 11.3 Å². The molecule has 2 aliphatic rings. The molecule has 1 unspecified atom stereocenters. The van der Waals surface area contributed by atoms with E-state index in [4.69, 9.17) is 15.0 Å². The summed E-state index contributed by atoms with van der Waals surface area (Å²) in [5.74, 6) is -0.169. The fourth-order valence-corrected chi connectivity index (χ4v) is 6.70. The van der Waals surface area contributed by atoms with E-state index in [0.717, 1.165) is 54.9 Å². The van der Waals surface area contributed by atoms with Gasteiger partial charge >= 0.3 is 0 Å². The Hall–Kier alpha value is -3.91. The number of hydrogen-bond donors (Lipinski definition) is 1. The molecule has 2 aromatic carbocycles. The summed E-state index contributed by atoms with van der Waals surface area (Å²) in [4.78, 5) is 21.7. The van der Waals surface area contributed by atoms with Gasteiger partial charge in [0.15, 0.2) is 5.13 Å². The maximum absolute atomic E-state index is 13.1. The Morgan fingerprint density at radius 3 is 2.75 bits per heavy atom. The van der Waals surface area contributed by atoms with Crippen molar-refractivity contribution in [3.8, 4) is 17.3 Å². The van der Waals surface area contributed by atoms with Crippen molar-refractivity contribution < 1.29 is 9.53 Å². The first-order valence-corrected chi connectivity index (χ1v) is 14.4. The number of nitrogens with one attached hydrogen (secondary N) is 1. The van der Waals surface area contributed by atoms with Crippen LogP contribution in [0.2, 0.25) is 0 Å². The van der Waals surface area contributed by atoms with Crippen LogP contribution in [-0.2, 0) is 24.1 Å². The van der Waals surface area contributed by atoms with E-state index in [9.17, 15) is 4.79 Å². The zero-order valence-electron chi connectivity index (χ0n) is 22.6. The molecule has 0 saturated carbocycles. The Balaban J connectivity index is 1.09. The maximum Gasteiger partial charge on any atom is 0.257 e.